The number of rotatable bonds is 2. The van der Waals surface area contributed by atoms with E-state index in [0.29, 0.717) is 6.42 Å². The molecule has 18 heavy (non-hydrogen) atoms. The summed E-state index contributed by atoms with van der Waals surface area (Å²) in [5.74, 6) is -0.127. The van der Waals surface area contributed by atoms with Crippen molar-refractivity contribution in [2.75, 3.05) is 0 Å². The molecule has 0 aromatic heterocycles. The predicted octanol–water partition coefficient (Wildman–Crippen LogP) is 1.31. The fourth-order valence-corrected chi connectivity index (χ4v) is 2.39. The maximum Gasteiger partial charge on any atom is 0.405 e. The average molecular weight is 248 g/mol. The van der Waals surface area contributed by atoms with Crippen LogP contribution in [0.5, 0.6) is 0 Å². The molecule has 3 atom stereocenters. The van der Waals surface area contributed by atoms with Gasteiger partial charge in [0.1, 0.15) is 6.04 Å². The van der Waals surface area contributed by atoms with Crippen LogP contribution >= 0.6 is 0 Å². The van der Waals surface area contributed by atoms with Gasteiger partial charge in [0.05, 0.1) is 0 Å². The Labute approximate surface area is 105 Å². The van der Waals surface area contributed by atoms with Crippen LogP contribution in [0.3, 0.4) is 0 Å². The maximum absolute atomic E-state index is 11.7. The van der Waals surface area contributed by atoms with Crippen LogP contribution in [0, 0.1) is 0 Å². The highest BCUT2D eigenvalue weighted by atomic mass is 16.4. The highest BCUT2D eigenvalue weighted by molar-refractivity contribution is 5.86. The van der Waals surface area contributed by atoms with Gasteiger partial charge in [0.25, 0.3) is 0 Å². The molecule has 1 unspecified atom stereocenters. The summed E-state index contributed by atoms with van der Waals surface area (Å²) in [6.07, 6.45) is -0.680. The third-order valence-corrected chi connectivity index (χ3v) is 3.31. The molecule has 0 bridgehead atoms. The third kappa shape index (κ3) is 2.61. The van der Waals surface area contributed by atoms with Crippen molar-refractivity contribution >= 4 is 12.0 Å². The Morgan fingerprint density at radius 2 is 2.06 bits per heavy atom. The first kappa shape index (κ1) is 12.4. The second-order valence-electron chi connectivity index (χ2n) is 4.55. The van der Waals surface area contributed by atoms with Crippen LogP contribution < -0.4 is 10.6 Å². The Bertz CT molecular complexity index is 447. The molecule has 1 saturated heterocycles. The van der Waals surface area contributed by atoms with Crippen LogP contribution in [0.2, 0.25) is 0 Å². The maximum atomic E-state index is 11.7. The highest BCUT2D eigenvalue weighted by Crippen LogP contribution is 2.28. The number of benzene rings is 1. The topological polar surface area (TPSA) is 78.4 Å². The van der Waals surface area contributed by atoms with E-state index in [-0.39, 0.29) is 17.9 Å². The number of hydrogen-bond donors (Lipinski definition) is 3. The Balaban J connectivity index is 2.16. The number of carbonyl (C=O) groups excluding carboxylic acids is 1. The van der Waals surface area contributed by atoms with Gasteiger partial charge >= 0.3 is 6.09 Å². The van der Waals surface area contributed by atoms with Gasteiger partial charge in [0.2, 0.25) is 5.91 Å². The zero-order valence-corrected chi connectivity index (χ0v) is 10.1. The number of carboxylic acid groups (broad SMARTS) is 1. The molecule has 1 aromatic carbocycles. The van der Waals surface area contributed by atoms with Crippen molar-refractivity contribution in [2.24, 2.45) is 0 Å². The van der Waals surface area contributed by atoms with Gasteiger partial charge < -0.3 is 15.7 Å². The van der Waals surface area contributed by atoms with Crippen LogP contribution in [0.15, 0.2) is 30.3 Å². The Morgan fingerprint density at radius 1 is 1.39 bits per heavy atom. The number of carbonyl (C=O) groups is 2. The fourth-order valence-electron chi connectivity index (χ4n) is 2.39. The van der Waals surface area contributed by atoms with E-state index in [4.69, 9.17) is 5.11 Å². The molecule has 0 radical (unpaired) electrons. The minimum Gasteiger partial charge on any atom is -0.465 e. The highest BCUT2D eigenvalue weighted by Gasteiger charge is 2.34. The molecular formula is C13H16N2O3. The van der Waals surface area contributed by atoms with Crippen molar-refractivity contribution in [3.8, 4) is 0 Å². The summed E-state index contributed by atoms with van der Waals surface area (Å²) < 4.78 is 0. The minimum atomic E-state index is -1.17. The molecule has 0 spiro atoms. The molecule has 1 fully saturated rings. The monoisotopic (exact) mass is 248 g/mol. The predicted molar refractivity (Wildman–Crippen MR) is 66.4 cm³/mol. The van der Waals surface area contributed by atoms with Crippen LogP contribution in [-0.4, -0.2) is 29.2 Å². The van der Waals surface area contributed by atoms with Gasteiger partial charge in [-0.05, 0) is 18.9 Å². The molecule has 1 aliphatic heterocycles. The normalized spacial score (nSPS) is 27.4. The molecule has 2 rings (SSSR count). The number of piperidine rings is 1. The van der Waals surface area contributed by atoms with E-state index in [1.54, 1.807) is 0 Å². The number of amides is 2. The Morgan fingerprint density at radius 3 is 2.67 bits per heavy atom. The minimum absolute atomic E-state index is 0.00625. The van der Waals surface area contributed by atoms with Crippen molar-refractivity contribution in [1.82, 2.24) is 10.6 Å². The van der Waals surface area contributed by atoms with Crippen molar-refractivity contribution in [1.29, 1.82) is 0 Å². The molecule has 5 heteroatoms. The van der Waals surface area contributed by atoms with E-state index < -0.39 is 12.1 Å². The zero-order chi connectivity index (χ0) is 13.1. The molecule has 0 aliphatic carbocycles. The third-order valence-electron chi connectivity index (χ3n) is 3.31. The van der Waals surface area contributed by atoms with Crippen LogP contribution in [0.25, 0.3) is 0 Å². The van der Waals surface area contributed by atoms with Gasteiger partial charge in [0, 0.05) is 12.0 Å². The lowest BCUT2D eigenvalue weighted by Crippen LogP contribution is -2.55. The molecule has 1 aromatic rings. The summed E-state index contributed by atoms with van der Waals surface area (Å²) in [4.78, 5) is 22.3. The molecule has 3 N–H and O–H groups in total. The second kappa shape index (κ2) is 5.08. The summed E-state index contributed by atoms with van der Waals surface area (Å²) in [6.45, 7) is 1.94. The summed E-state index contributed by atoms with van der Waals surface area (Å²) >= 11 is 0. The van der Waals surface area contributed by atoms with Gasteiger partial charge in [-0.2, -0.15) is 0 Å². The molecule has 1 heterocycles. The summed E-state index contributed by atoms with van der Waals surface area (Å²) in [5.41, 5.74) is 1.11. The van der Waals surface area contributed by atoms with E-state index in [9.17, 15) is 9.59 Å². The van der Waals surface area contributed by atoms with E-state index in [1.807, 2.05) is 37.3 Å². The smallest absolute Gasteiger partial charge is 0.405 e. The lowest BCUT2D eigenvalue weighted by molar-refractivity contribution is -0.125. The molecule has 96 valence electrons. The summed E-state index contributed by atoms with van der Waals surface area (Å²) in [6, 6.07) is 9.14. The Kier molecular flexibility index (Phi) is 3.50. The Hall–Kier alpha value is -2.04. The van der Waals surface area contributed by atoms with E-state index in [1.165, 1.54) is 0 Å². The first-order valence-electron chi connectivity index (χ1n) is 5.92. The second-order valence-corrected chi connectivity index (χ2v) is 4.55. The van der Waals surface area contributed by atoms with Crippen LogP contribution in [0.1, 0.15) is 24.8 Å². The summed E-state index contributed by atoms with van der Waals surface area (Å²) in [5, 5.41) is 13.8. The van der Waals surface area contributed by atoms with Gasteiger partial charge in [-0.25, -0.2) is 4.79 Å². The summed E-state index contributed by atoms with van der Waals surface area (Å²) in [7, 11) is 0. The van der Waals surface area contributed by atoms with Gasteiger partial charge in [-0.15, -0.1) is 0 Å². The van der Waals surface area contributed by atoms with Gasteiger partial charge in [-0.1, -0.05) is 30.3 Å². The standard InChI is InChI=1S/C13H16N2O3/c1-8-10(9-5-3-2-4-6-9)7-11(12(16)14-8)15-13(17)18/h2-6,8,10-11,15H,7H2,1H3,(H,14,16)(H,17,18)/t8-,10-,11?/m1/s1. The molecule has 0 saturated carbocycles. The molecule has 1 aliphatic rings. The van der Waals surface area contributed by atoms with Gasteiger partial charge in [0.15, 0.2) is 0 Å². The molecular weight excluding hydrogens is 232 g/mol. The van der Waals surface area contributed by atoms with Gasteiger partial charge in [-0.3, -0.25) is 4.79 Å². The van der Waals surface area contributed by atoms with Crippen LogP contribution in [-0.2, 0) is 4.79 Å². The van der Waals surface area contributed by atoms with E-state index in [2.05, 4.69) is 10.6 Å². The van der Waals surface area contributed by atoms with Crippen LogP contribution in [0.4, 0.5) is 4.79 Å². The van der Waals surface area contributed by atoms with E-state index in [0.717, 1.165) is 5.56 Å². The first-order chi connectivity index (χ1) is 8.58. The quantitative estimate of drug-likeness (QED) is 0.738. The first-order valence-corrected chi connectivity index (χ1v) is 5.92. The van der Waals surface area contributed by atoms with E-state index >= 15 is 0 Å². The lowest BCUT2D eigenvalue weighted by atomic mass is 9.83. The molecule has 2 amide bonds. The number of nitrogens with one attached hydrogen (secondary N) is 2. The van der Waals surface area contributed by atoms with Crippen molar-refractivity contribution in [2.45, 2.75) is 31.3 Å². The zero-order valence-electron chi connectivity index (χ0n) is 10.1. The largest absolute Gasteiger partial charge is 0.465 e. The SMILES string of the molecule is C[C@H]1NC(=O)C(NC(=O)O)C[C@H]1c1ccccc1. The average Bonchev–Trinajstić information content (AvgIpc) is 2.33. The van der Waals surface area contributed by atoms with Crippen molar-refractivity contribution in [3.05, 3.63) is 35.9 Å². The lowest BCUT2D eigenvalue weighted by Gasteiger charge is -2.34. The number of hydrogen-bond acceptors (Lipinski definition) is 2. The van der Waals surface area contributed by atoms with Crippen molar-refractivity contribution in [3.63, 3.8) is 0 Å². The molecule has 5 nitrogen and oxygen atoms in total. The fraction of sp³-hybridized carbons (Fsp3) is 0.385. The van der Waals surface area contributed by atoms with Crippen molar-refractivity contribution < 1.29 is 14.7 Å².